The first kappa shape index (κ1) is 13.6. The zero-order valence-corrected chi connectivity index (χ0v) is 12.9. The first-order valence-electron chi connectivity index (χ1n) is 7.20. The van der Waals surface area contributed by atoms with Crippen LogP contribution in [0.2, 0.25) is 0 Å². The summed E-state index contributed by atoms with van der Waals surface area (Å²) in [4.78, 5) is 0. The number of aromatic nitrogens is 4. The number of rotatable bonds is 4. The second-order valence-electron chi connectivity index (χ2n) is 5.83. The van der Waals surface area contributed by atoms with Crippen molar-refractivity contribution >= 4 is 0 Å². The first-order chi connectivity index (χ1) is 10.1. The summed E-state index contributed by atoms with van der Waals surface area (Å²) in [5.41, 5.74) is 4.01. The summed E-state index contributed by atoms with van der Waals surface area (Å²) in [5.74, 6) is 0. The molecule has 4 nitrogen and oxygen atoms in total. The average molecular weight is 282 g/mol. The van der Waals surface area contributed by atoms with Crippen molar-refractivity contribution < 1.29 is 9.13 Å². The SMILES string of the molecule is Cc1cc(Cn2cc[n+](C)c2)cc(Cn2cc[n+](C)c2)c1. The Morgan fingerprint density at radius 2 is 1.29 bits per heavy atom. The molecule has 0 bridgehead atoms. The van der Waals surface area contributed by atoms with E-state index in [1.54, 1.807) is 0 Å². The van der Waals surface area contributed by atoms with Gasteiger partial charge in [0.05, 0.1) is 14.1 Å². The van der Waals surface area contributed by atoms with Gasteiger partial charge in [0.1, 0.15) is 37.9 Å². The maximum absolute atomic E-state index is 2.30. The monoisotopic (exact) mass is 282 g/mol. The second kappa shape index (κ2) is 5.56. The van der Waals surface area contributed by atoms with E-state index in [1.807, 2.05) is 14.1 Å². The second-order valence-corrected chi connectivity index (χ2v) is 5.83. The zero-order chi connectivity index (χ0) is 14.8. The van der Waals surface area contributed by atoms with Crippen molar-refractivity contribution in [2.45, 2.75) is 20.0 Å². The van der Waals surface area contributed by atoms with Crippen molar-refractivity contribution in [3.8, 4) is 0 Å². The van der Waals surface area contributed by atoms with Crippen LogP contribution in [0.1, 0.15) is 16.7 Å². The maximum Gasteiger partial charge on any atom is 0.243 e. The fourth-order valence-corrected chi connectivity index (χ4v) is 2.74. The predicted molar refractivity (Wildman–Crippen MR) is 80.6 cm³/mol. The smallest absolute Gasteiger partial charge is 0.240 e. The van der Waals surface area contributed by atoms with Crippen LogP contribution in [0.15, 0.2) is 55.6 Å². The lowest BCUT2D eigenvalue weighted by Gasteiger charge is -2.05. The minimum atomic E-state index is 0.912. The van der Waals surface area contributed by atoms with Gasteiger partial charge < -0.3 is 0 Å². The van der Waals surface area contributed by atoms with E-state index < -0.39 is 0 Å². The molecule has 0 radical (unpaired) electrons. The third-order valence-corrected chi connectivity index (χ3v) is 3.57. The van der Waals surface area contributed by atoms with Gasteiger partial charge in [-0.1, -0.05) is 17.7 Å². The van der Waals surface area contributed by atoms with Gasteiger partial charge in [-0.25, -0.2) is 18.3 Å². The fourth-order valence-electron chi connectivity index (χ4n) is 2.74. The Balaban J connectivity index is 1.82. The molecule has 0 saturated carbocycles. The molecule has 21 heavy (non-hydrogen) atoms. The lowest BCUT2D eigenvalue weighted by Crippen LogP contribution is -2.24. The van der Waals surface area contributed by atoms with Gasteiger partial charge in [0.2, 0.25) is 12.7 Å². The van der Waals surface area contributed by atoms with Crippen LogP contribution in [0.5, 0.6) is 0 Å². The van der Waals surface area contributed by atoms with Gasteiger partial charge in [0, 0.05) is 0 Å². The van der Waals surface area contributed by atoms with Crippen LogP contribution in [-0.2, 0) is 27.2 Å². The van der Waals surface area contributed by atoms with Gasteiger partial charge in [-0.05, 0) is 24.1 Å². The number of imidazole rings is 2. The van der Waals surface area contributed by atoms with Crippen LogP contribution in [0, 0.1) is 6.92 Å². The van der Waals surface area contributed by atoms with Crippen LogP contribution >= 0.6 is 0 Å². The summed E-state index contributed by atoms with van der Waals surface area (Å²) in [6.45, 7) is 3.99. The highest BCUT2D eigenvalue weighted by Crippen LogP contribution is 2.12. The molecule has 2 heterocycles. The summed E-state index contributed by atoms with van der Waals surface area (Å²) in [5, 5.41) is 0. The lowest BCUT2D eigenvalue weighted by molar-refractivity contribution is -0.671. The van der Waals surface area contributed by atoms with Crippen LogP contribution in [-0.4, -0.2) is 9.13 Å². The molecule has 3 rings (SSSR count). The van der Waals surface area contributed by atoms with E-state index in [0.29, 0.717) is 0 Å². The van der Waals surface area contributed by atoms with Crippen molar-refractivity contribution in [2.24, 2.45) is 14.1 Å². The Bertz CT molecular complexity index is 691. The molecule has 0 aliphatic heterocycles. The molecule has 1 aromatic carbocycles. The Labute approximate surface area is 125 Å². The van der Waals surface area contributed by atoms with Crippen molar-refractivity contribution in [3.05, 3.63) is 72.3 Å². The molecule has 0 amide bonds. The number of hydrogen-bond donors (Lipinski definition) is 0. The van der Waals surface area contributed by atoms with Crippen LogP contribution < -0.4 is 9.13 Å². The topological polar surface area (TPSA) is 17.6 Å². The number of aryl methyl sites for hydroxylation is 3. The molecule has 0 atom stereocenters. The van der Waals surface area contributed by atoms with Crippen molar-refractivity contribution in [3.63, 3.8) is 0 Å². The molecule has 108 valence electrons. The summed E-state index contributed by atoms with van der Waals surface area (Å²) >= 11 is 0. The summed E-state index contributed by atoms with van der Waals surface area (Å²) in [7, 11) is 4.09. The molecular weight excluding hydrogens is 260 g/mol. The average Bonchev–Trinajstić information content (AvgIpc) is 2.98. The van der Waals surface area contributed by atoms with Gasteiger partial charge in [-0.15, -0.1) is 0 Å². The van der Waals surface area contributed by atoms with Crippen LogP contribution in [0.25, 0.3) is 0 Å². The Kier molecular flexibility index (Phi) is 3.60. The van der Waals surface area contributed by atoms with E-state index in [0.717, 1.165) is 13.1 Å². The van der Waals surface area contributed by atoms with Crippen molar-refractivity contribution in [2.75, 3.05) is 0 Å². The lowest BCUT2D eigenvalue weighted by atomic mass is 10.1. The van der Waals surface area contributed by atoms with E-state index in [9.17, 15) is 0 Å². The van der Waals surface area contributed by atoms with E-state index in [2.05, 4.69) is 80.8 Å². The Morgan fingerprint density at radius 1 is 0.810 bits per heavy atom. The Morgan fingerprint density at radius 3 is 1.67 bits per heavy atom. The van der Waals surface area contributed by atoms with Gasteiger partial charge in [0.15, 0.2) is 0 Å². The quantitative estimate of drug-likeness (QED) is 0.643. The summed E-state index contributed by atoms with van der Waals surface area (Å²) < 4.78 is 8.54. The normalized spacial score (nSPS) is 11.0. The number of benzene rings is 1. The van der Waals surface area contributed by atoms with E-state index in [4.69, 9.17) is 0 Å². The van der Waals surface area contributed by atoms with E-state index in [1.165, 1.54) is 16.7 Å². The minimum Gasteiger partial charge on any atom is -0.240 e. The van der Waals surface area contributed by atoms with Gasteiger partial charge in [-0.2, -0.15) is 0 Å². The third-order valence-electron chi connectivity index (χ3n) is 3.57. The predicted octanol–water partition coefficient (Wildman–Crippen LogP) is 1.34. The summed E-state index contributed by atoms with van der Waals surface area (Å²) in [6, 6.07) is 6.82. The molecule has 0 saturated heterocycles. The van der Waals surface area contributed by atoms with Crippen LogP contribution in [0.4, 0.5) is 0 Å². The zero-order valence-electron chi connectivity index (χ0n) is 12.9. The maximum atomic E-state index is 2.30. The molecule has 4 heteroatoms. The highest BCUT2D eigenvalue weighted by Gasteiger charge is 2.07. The molecule has 0 unspecified atom stereocenters. The van der Waals surface area contributed by atoms with Gasteiger partial charge in [-0.3, -0.25) is 0 Å². The van der Waals surface area contributed by atoms with E-state index in [-0.39, 0.29) is 0 Å². The summed E-state index contributed by atoms with van der Waals surface area (Å²) in [6.07, 6.45) is 12.6. The number of nitrogens with zero attached hydrogens (tertiary/aromatic N) is 4. The largest absolute Gasteiger partial charge is 0.243 e. The highest BCUT2D eigenvalue weighted by atomic mass is 15.1. The van der Waals surface area contributed by atoms with Gasteiger partial charge >= 0.3 is 0 Å². The fraction of sp³-hybridized carbons (Fsp3) is 0.294. The number of hydrogen-bond acceptors (Lipinski definition) is 0. The van der Waals surface area contributed by atoms with Crippen molar-refractivity contribution in [1.82, 2.24) is 9.13 Å². The van der Waals surface area contributed by atoms with Crippen LogP contribution in [0.3, 0.4) is 0 Å². The molecule has 0 N–H and O–H groups in total. The Hall–Kier alpha value is -2.36. The molecule has 0 aliphatic carbocycles. The standard InChI is InChI=1S/C17H22N4/c1-15-8-16(11-20-6-4-18(2)13-20)10-17(9-15)12-21-7-5-19(3)14-21/h4-10,13-14H,11-12H2,1-3H3/q+2. The van der Waals surface area contributed by atoms with Crippen molar-refractivity contribution in [1.29, 1.82) is 0 Å². The molecule has 3 aromatic rings. The van der Waals surface area contributed by atoms with E-state index >= 15 is 0 Å². The molecule has 0 spiro atoms. The molecule has 2 aromatic heterocycles. The highest BCUT2D eigenvalue weighted by molar-refractivity contribution is 5.29. The molecule has 0 aliphatic rings. The van der Waals surface area contributed by atoms with Gasteiger partial charge in [0.25, 0.3) is 0 Å². The third kappa shape index (κ3) is 3.40. The first-order valence-corrected chi connectivity index (χ1v) is 7.20. The molecule has 0 fully saturated rings. The molecular formula is C17H22N4+2. The minimum absolute atomic E-state index is 0.912.